The molecule has 0 heterocycles. The maximum absolute atomic E-state index is 9.42. The molecule has 0 saturated heterocycles. The summed E-state index contributed by atoms with van der Waals surface area (Å²) < 4.78 is 0. The quantitative estimate of drug-likeness (QED) is 0.521. The number of hydrogen-bond donors (Lipinski definition) is 4. The van der Waals surface area contributed by atoms with Crippen molar-refractivity contribution in [2.75, 3.05) is 0 Å². The van der Waals surface area contributed by atoms with E-state index >= 15 is 0 Å². The van der Waals surface area contributed by atoms with Crippen molar-refractivity contribution in [1.29, 1.82) is 0 Å². The minimum atomic E-state index is -0.225. The highest BCUT2D eigenvalue weighted by atomic mass is 16.5. The summed E-state index contributed by atoms with van der Waals surface area (Å²) in [5, 5.41) is 37.8. The van der Waals surface area contributed by atoms with Gasteiger partial charge in [0.15, 0.2) is 0 Å². The zero-order valence-electron chi connectivity index (χ0n) is 7.10. The molecule has 0 atom stereocenters. The molecule has 2 aromatic carbocycles. The van der Waals surface area contributed by atoms with E-state index in [0.29, 0.717) is 5.39 Å². The lowest BCUT2D eigenvalue weighted by Gasteiger charge is -2.05. The van der Waals surface area contributed by atoms with Crippen molar-refractivity contribution in [3.63, 3.8) is 0 Å². The topological polar surface area (TPSA) is 80.9 Å². The zero-order valence-corrected chi connectivity index (χ0v) is 7.10. The van der Waals surface area contributed by atoms with Crippen LogP contribution in [0.5, 0.6) is 23.0 Å². The Labute approximate surface area is 79.3 Å². The molecule has 0 unspecified atom stereocenters. The van der Waals surface area contributed by atoms with Crippen LogP contribution in [0.25, 0.3) is 10.8 Å². The Hall–Kier alpha value is -2.10. The Balaban J connectivity index is 2.94. The Morgan fingerprint density at radius 3 is 1.79 bits per heavy atom. The second-order valence-electron chi connectivity index (χ2n) is 3.03. The van der Waals surface area contributed by atoms with Crippen molar-refractivity contribution in [1.82, 2.24) is 0 Å². The second kappa shape index (κ2) is 2.70. The number of aromatic hydroxyl groups is 4. The molecular weight excluding hydrogens is 192 g/mol. The van der Waals surface area contributed by atoms with Gasteiger partial charge in [-0.3, -0.25) is 0 Å². The van der Waals surface area contributed by atoms with Crippen LogP contribution in [0.2, 0.25) is 0 Å². The van der Waals surface area contributed by atoms with Crippen LogP contribution >= 0.6 is 0 Å². The highest BCUT2D eigenvalue weighted by Gasteiger charge is 2.08. The normalized spacial score (nSPS) is 10.6. The van der Waals surface area contributed by atoms with E-state index in [-0.39, 0.29) is 28.4 Å². The van der Waals surface area contributed by atoms with Gasteiger partial charge >= 0.3 is 0 Å². The lowest BCUT2D eigenvalue weighted by atomic mass is 10.3. The van der Waals surface area contributed by atoms with Gasteiger partial charge in [-0.1, -0.05) is 0 Å². The predicted octanol–water partition coefficient (Wildman–Crippen LogP) is 1.66. The van der Waals surface area contributed by atoms with E-state index in [2.05, 4.69) is 0 Å². The fourth-order valence-corrected chi connectivity index (χ4v) is 1.44. The van der Waals surface area contributed by atoms with Crippen molar-refractivity contribution in [3.8, 4) is 23.0 Å². The predicted molar refractivity (Wildman–Crippen MR) is 50.6 cm³/mol. The van der Waals surface area contributed by atoms with Gasteiger partial charge in [-0.15, -0.1) is 0 Å². The Morgan fingerprint density at radius 1 is 0.929 bits per heavy atom. The zero-order chi connectivity index (χ0) is 10.3. The van der Waals surface area contributed by atoms with Crippen molar-refractivity contribution >= 4 is 10.8 Å². The molecule has 14 heavy (non-hydrogen) atoms. The number of rotatable bonds is 0. The van der Waals surface area contributed by atoms with Gasteiger partial charge < -0.3 is 20.4 Å². The summed E-state index contributed by atoms with van der Waals surface area (Å²) in [6.07, 6.45) is 0. The Bertz CT molecular complexity index is 462. The molecule has 0 bridgehead atoms. The SMILES string of the molecule is Oc1cc2cc(O)[14cH][14c](O)c2[14c](O)[14cH]1. The van der Waals surface area contributed by atoms with Gasteiger partial charge in [0, 0.05) is 12.1 Å². The van der Waals surface area contributed by atoms with E-state index in [4.69, 9.17) is 10.2 Å². The molecule has 0 spiro atoms. The first-order chi connectivity index (χ1) is 6.58. The van der Waals surface area contributed by atoms with Crippen molar-refractivity contribution in [2.24, 2.45) is 0 Å². The number of phenolic OH excluding ortho intramolecular Hbond substituents is 4. The molecule has 0 aromatic heterocycles. The van der Waals surface area contributed by atoms with Gasteiger partial charge in [0.2, 0.25) is 0 Å². The summed E-state index contributed by atoms with van der Waals surface area (Å²) in [7, 11) is 0. The van der Waals surface area contributed by atoms with Crippen LogP contribution in [0.4, 0.5) is 0 Å². The van der Waals surface area contributed by atoms with Gasteiger partial charge in [-0.25, -0.2) is 0 Å². The van der Waals surface area contributed by atoms with Crippen LogP contribution in [0, 0.1) is 0 Å². The standard InChI is InChI=1S/C10H8O4/c11-6-1-5-2-7(12)4-9(14)10(5)8(13)3-6/h1-4,11-14H/i3+2,4+2,8+2,9+2. The van der Waals surface area contributed by atoms with Crippen LogP contribution in [-0.2, 0) is 0 Å². The third kappa shape index (κ3) is 1.17. The van der Waals surface area contributed by atoms with E-state index in [0.717, 1.165) is 12.1 Å². The molecule has 0 aliphatic carbocycles. The molecule has 0 aliphatic heterocycles. The van der Waals surface area contributed by atoms with E-state index in [9.17, 15) is 10.2 Å². The molecule has 0 aliphatic rings. The molecule has 0 fully saturated rings. The maximum atomic E-state index is 9.42. The summed E-state index contributed by atoms with van der Waals surface area (Å²) in [5.74, 6) is -0.699. The summed E-state index contributed by atoms with van der Waals surface area (Å²) >= 11 is 0. The van der Waals surface area contributed by atoms with Crippen molar-refractivity contribution < 1.29 is 20.4 Å². The highest BCUT2D eigenvalue weighted by Crippen LogP contribution is 2.38. The number of hydrogen-bond acceptors (Lipinski definition) is 4. The van der Waals surface area contributed by atoms with Crippen molar-refractivity contribution in [3.05, 3.63) is 24.3 Å². The molecular formula is C10H8O4. The Morgan fingerprint density at radius 2 is 1.36 bits per heavy atom. The second-order valence-corrected chi connectivity index (χ2v) is 3.03. The fraction of sp³-hybridized carbons (Fsp3) is 0. The lowest BCUT2D eigenvalue weighted by molar-refractivity contribution is 0.443. The van der Waals surface area contributed by atoms with E-state index in [1.165, 1.54) is 12.1 Å². The molecule has 72 valence electrons. The summed E-state index contributed by atoms with van der Waals surface area (Å²) in [6, 6.07) is 4.93. The molecule has 4 nitrogen and oxygen atoms in total. The average Bonchev–Trinajstić information content (AvgIpc) is 1.99. The third-order valence-corrected chi connectivity index (χ3v) is 1.98. The number of benzene rings is 2. The van der Waals surface area contributed by atoms with Crippen molar-refractivity contribution in [2.45, 2.75) is 0 Å². The molecule has 2 rings (SSSR count). The van der Waals surface area contributed by atoms with E-state index in [1.807, 2.05) is 0 Å². The Kier molecular flexibility index (Phi) is 1.64. The average molecular weight is 200 g/mol. The number of phenols is 4. The minimum absolute atomic E-state index is 0.125. The van der Waals surface area contributed by atoms with Crippen LogP contribution < -0.4 is 0 Å². The first-order valence-corrected chi connectivity index (χ1v) is 3.95. The summed E-state index contributed by atoms with van der Waals surface area (Å²) in [5.41, 5.74) is 0. The maximum Gasteiger partial charge on any atom is 0.130 e. The highest BCUT2D eigenvalue weighted by molar-refractivity contribution is 5.95. The van der Waals surface area contributed by atoms with Crippen LogP contribution in [-0.4, -0.2) is 20.4 Å². The molecule has 0 saturated carbocycles. The van der Waals surface area contributed by atoms with Crippen LogP contribution in [0.3, 0.4) is 0 Å². The molecule has 4 heteroatoms. The molecule has 0 radical (unpaired) electrons. The number of fused-ring (bicyclic) bond motifs is 1. The van der Waals surface area contributed by atoms with E-state index < -0.39 is 0 Å². The van der Waals surface area contributed by atoms with Crippen LogP contribution in [0.15, 0.2) is 24.3 Å². The minimum Gasteiger partial charge on any atom is -0.508 e. The van der Waals surface area contributed by atoms with Gasteiger partial charge in [-0.2, -0.15) is 0 Å². The summed E-state index contributed by atoms with van der Waals surface area (Å²) in [6.45, 7) is 0. The molecule has 0 amide bonds. The van der Waals surface area contributed by atoms with Gasteiger partial charge in [0.25, 0.3) is 0 Å². The van der Waals surface area contributed by atoms with E-state index in [1.54, 1.807) is 0 Å². The smallest absolute Gasteiger partial charge is 0.130 e. The fourth-order valence-electron chi connectivity index (χ4n) is 1.44. The summed E-state index contributed by atoms with van der Waals surface area (Å²) in [4.78, 5) is 0. The third-order valence-electron chi connectivity index (χ3n) is 1.98. The molecule has 2 aromatic rings. The monoisotopic (exact) mass is 200 g/mol. The first kappa shape index (κ1) is 8.50. The largest absolute Gasteiger partial charge is 0.508 e. The first-order valence-electron chi connectivity index (χ1n) is 3.95. The van der Waals surface area contributed by atoms with Gasteiger partial charge in [-0.05, 0) is 17.5 Å². The molecule has 4 N–H and O–H groups in total. The van der Waals surface area contributed by atoms with Gasteiger partial charge in [0.05, 0.1) is 5.39 Å². The van der Waals surface area contributed by atoms with Crippen LogP contribution in [0.1, 0.15) is 0 Å². The van der Waals surface area contributed by atoms with Gasteiger partial charge in [0.1, 0.15) is 23.0 Å². The lowest BCUT2D eigenvalue weighted by Crippen LogP contribution is -1.76.